The van der Waals surface area contributed by atoms with E-state index >= 15 is 0 Å². The number of anilines is 1. The summed E-state index contributed by atoms with van der Waals surface area (Å²) in [5.74, 6) is 0.343. The van der Waals surface area contributed by atoms with Gasteiger partial charge in [0.1, 0.15) is 0 Å². The van der Waals surface area contributed by atoms with Crippen molar-refractivity contribution < 1.29 is 4.79 Å². The summed E-state index contributed by atoms with van der Waals surface area (Å²) in [6, 6.07) is 13.5. The Morgan fingerprint density at radius 2 is 1.90 bits per heavy atom. The summed E-state index contributed by atoms with van der Waals surface area (Å²) in [5.41, 5.74) is 3.40. The third-order valence-corrected chi connectivity index (χ3v) is 3.56. The van der Waals surface area contributed by atoms with Gasteiger partial charge in [-0.1, -0.05) is 38.1 Å². The third-order valence-electron chi connectivity index (χ3n) is 3.56. The predicted molar refractivity (Wildman–Crippen MR) is 84.6 cm³/mol. The van der Waals surface area contributed by atoms with E-state index in [1.165, 1.54) is 5.56 Å². The van der Waals surface area contributed by atoms with E-state index in [-0.39, 0.29) is 5.91 Å². The molecule has 0 aliphatic carbocycles. The summed E-state index contributed by atoms with van der Waals surface area (Å²) in [4.78, 5) is 12.4. The number of carbonyl (C=O) groups excluding carboxylic acids is 1. The highest BCUT2D eigenvalue weighted by molar-refractivity contribution is 6.11. The Morgan fingerprint density at radius 1 is 1.14 bits per heavy atom. The SMILES string of the molecule is CC(C)c1ccc(NC(=O)c2cccc3cn[nH]c23)cc1. The molecule has 1 amide bonds. The van der Waals surface area contributed by atoms with Crippen LogP contribution in [-0.4, -0.2) is 16.1 Å². The van der Waals surface area contributed by atoms with Gasteiger partial charge in [-0.25, -0.2) is 0 Å². The molecule has 2 aromatic carbocycles. The van der Waals surface area contributed by atoms with Crippen molar-refractivity contribution in [1.82, 2.24) is 10.2 Å². The highest BCUT2D eigenvalue weighted by atomic mass is 16.1. The highest BCUT2D eigenvalue weighted by Gasteiger charge is 2.11. The van der Waals surface area contributed by atoms with Crippen molar-refractivity contribution in [3.63, 3.8) is 0 Å². The number of aromatic amines is 1. The van der Waals surface area contributed by atoms with E-state index in [9.17, 15) is 4.79 Å². The smallest absolute Gasteiger partial charge is 0.257 e. The van der Waals surface area contributed by atoms with Crippen LogP contribution in [0.5, 0.6) is 0 Å². The quantitative estimate of drug-likeness (QED) is 0.763. The second-order valence-corrected chi connectivity index (χ2v) is 5.37. The van der Waals surface area contributed by atoms with Crippen LogP contribution in [0.4, 0.5) is 5.69 Å². The fourth-order valence-electron chi connectivity index (χ4n) is 2.31. The summed E-state index contributed by atoms with van der Waals surface area (Å²) >= 11 is 0. The van der Waals surface area contributed by atoms with Crippen LogP contribution in [0.1, 0.15) is 35.7 Å². The molecule has 106 valence electrons. The van der Waals surface area contributed by atoms with Gasteiger partial charge < -0.3 is 5.32 Å². The Hall–Kier alpha value is -2.62. The van der Waals surface area contributed by atoms with E-state index < -0.39 is 0 Å². The lowest BCUT2D eigenvalue weighted by molar-refractivity contribution is 0.102. The van der Waals surface area contributed by atoms with Gasteiger partial charge in [0.2, 0.25) is 0 Å². The van der Waals surface area contributed by atoms with Crippen LogP contribution in [0.25, 0.3) is 10.9 Å². The summed E-state index contributed by atoms with van der Waals surface area (Å²) in [6.45, 7) is 4.29. The summed E-state index contributed by atoms with van der Waals surface area (Å²) in [6.07, 6.45) is 1.71. The lowest BCUT2D eigenvalue weighted by Crippen LogP contribution is -2.12. The van der Waals surface area contributed by atoms with Crippen LogP contribution in [0.2, 0.25) is 0 Å². The van der Waals surface area contributed by atoms with Crippen molar-refractivity contribution in [3.8, 4) is 0 Å². The molecule has 3 rings (SSSR count). The number of benzene rings is 2. The Balaban J connectivity index is 1.84. The number of aromatic nitrogens is 2. The summed E-state index contributed by atoms with van der Waals surface area (Å²) in [5, 5.41) is 10.7. The van der Waals surface area contributed by atoms with Crippen LogP contribution in [0, 0.1) is 0 Å². The van der Waals surface area contributed by atoms with E-state index in [2.05, 4.69) is 29.4 Å². The monoisotopic (exact) mass is 279 g/mol. The molecule has 1 aromatic heterocycles. The van der Waals surface area contributed by atoms with Gasteiger partial charge in [0.25, 0.3) is 5.91 Å². The molecule has 0 saturated heterocycles. The molecule has 0 atom stereocenters. The van der Waals surface area contributed by atoms with Gasteiger partial charge in [-0.15, -0.1) is 0 Å². The number of H-pyrrole nitrogens is 1. The molecule has 0 aliphatic heterocycles. The zero-order valence-electron chi connectivity index (χ0n) is 12.1. The highest BCUT2D eigenvalue weighted by Crippen LogP contribution is 2.20. The molecule has 4 heteroatoms. The molecular formula is C17H17N3O. The number of carbonyl (C=O) groups is 1. The first kappa shape index (κ1) is 13.4. The maximum absolute atomic E-state index is 12.4. The van der Waals surface area contributed by atoms with Crippen LogP contribution in [0.15, 0.2) is 48.7 Å². The number of hydrogen-bond donors (Lipinski definition) is 2. The third kappa shape index (κ3) is 2.65. The zero-order chi connectivity index (χ0) is 14.8. The van der Waals surface area contributed by atoms with Crippen molar-refractivity contribution in [3.05, 3.63) is 59.8 Å². The van der Waals surface area contributed by atoms with Gasteiger partial charge in [0, 0.05) is 11.1 Å². The number of para-hydroxylation sites is 1. The Morgan fingerprint density at radius 3 is 2.62 bits per heavy atom. The van der Waals surface area contributed by atoms with Gasteiger partial charge in [-0.05, 0) is 29.7 Å². The normalized spacial score (nSPS) is 11.0. The number of amides is 1. The minimum atomic E-state index is -0.137. The summed E-state index contributed by atoms with van der Waals surface area (Å²) in [7, 11) is 0. The Kier molecular flexibility index (Phi) is 3.44. The second kappa shape index (κ2) is 5.40. The molecule has 0 aliphatic rings. The molecule has 1 heterocycles. The molecule has 0 saturated carbocycles. The average Bonchev–Trinajstić information content (AvgIpc) is 2.96. The van der Waals surface area contributed by atoms with Gasteiger partial charge in [0.05, 0.1) is 17.3 Å². The van der Waals surface area contributed by atoms with Crippen molar-refractivity contribution in [2.24, 2.45) is 0 Å². The van der Waals surface area contributed by atoms with Crippen LogP contribution in [0.3, 0.4) is 0 Å². The Labute approximate surface area is 123 Å². The average molecular weight is 279 g/mol. The minimum Gasteiger partial charge on any atom is -0.322 e. The molecule has 0 spiro atoms. The van der Waals surface area contributed by atoms with Crippen molar-refractivity contribution in [2.45, 2.75) is 19.8 Å². The standard InChI is InChI=1S/C17H17N3O/c1-11(2)12-6-8-14(9-7-12)19-17(21)15-5-3-4-13-10-18-20-16(13)15/h3-11H,1-2H3,(H,18,20)(H,19,21). The number of rotatable bonds is 3. The molecule has 0 bridgehead atoms. The molecule has 0 radical (unpaired) electrons. The van der Waals surface area contributed by atoms with Crippen molar-refractivity contribution in [2.75, 3.05) is 5.32 Å². The van der Waals surface area contributed by atoms with Gasteiger partial charge in [-0.2, -0.15) is 5.10 Å². The molecule has 21 heavy (non-hydrogen) atoms. The molecule has 0 unspecified atom stereocenters. The second-order valence-electron chi connectivity index (χ2n) is 5.37. The number of nitrogens with one attached hydrogen (secondary N) is 2. The molecule has 2 N–H and O–H groups in total. The van der Waals surface area contributed by atoms with Crippen molar-refractivity contribution in [1.29, 1.82) is 0 Å². The largest absolute Gasteiger partial charge is 0.322 e. The maximum Gasteiger partial charge on any atom is 0.257 e. The lowest BCUT2D eigenvalue weighted by Gasteiger charge is -2.09. The first-order valence-electron chi connectivity index (χ1n) is 6.98. The number of fused-ring (bicyclic) bond motifs is 1. The van der Waals surface area contributed by atoms with Gasteiger partial charge in [-0.3, -0.25) is 9.89 Å². The first-order chi connectivity index (χ1) is 10.1. The topological polar surface area (TPSA) is 57.8 Å². The van der Waals surface area contributed by atoms with E-state index in [4.69, 9.17) is 0 Å². The van der Waals surface area contributed by atoms with E-state index in [1.807, 2.05) is 36.4 Å². The Bertz CT molecular complexity index is 772. The zero-order valence-corrected chi connectivity index (χ0v) is 12.1. The lowest BCUT2D eigenvalue weighted by atomic mass is 10.0. The maximum atomic E-state index is 12.4. The molecule has 3 aromatic rings. The first-order valence-corrected chi connectivity index (χ1v) is 6.98. The molecule has 4 nitrogen and oxygen atoms in total. The molecular weight excluding hydrogens is 262 g/mol. The van der Waals surface area contributed by atoms with E-state index in [0.29, 0.717) is 11.5 Å². The van der Waals surface area contributed by atoms with E-state index in [0.717, 1.165) is 16.6 Å². The predicted octanol–water partition coefficient (Wildman–Crippen LogP) is 3.94. The van der Waals surface area contributed by atoms with Crippen LogP contribution >= 0.6 is 0 Å². The van der Waals surface area contributed by atoms with Gasteiger partial charge in [0.15, 0.2) is 0 Å². The van der Waals surface area contributed by atoms with Crippen LogP contribution in [-0.2, 0) is 0 Å². The fraction of sp³-hybridized carbons (Fsp3) is 0.176. The summed E-state index contributed by atoms with van der Waals surface area (Å²) < 4.78 is 0. The number of nitrogens with zero attached hydrogens (tertiary/aromatic N) is 1. The fourth-order valence-corrected chi connectivity index (χ4v) is 2.31. The van der Waals surface area contributed by atoms with Crippen molar-refractivity contribution >= 4 is 22.5 Å². The van der Waals surface area contributed by atoms with Crippen LogP contribution < -0.4 is 5.32 Å². The molecule has 0 fully saturated rings. The number of hydrogen-bond acceptors (Lipinski definition) is 2. The minimum absolute atomic E-state index is 0.137. The van der Waals surface area contributed by atoms with Gasteiger partial charge >= 0.3 is 0 Å². The van der Waals surface area contributed by atoms with E-state index in [1.54, 1.807) is 12.3 Å².